The number of amides is 1. The quantitative estimate of drug-likeness (QED) is 0.0929. The van der Waals surface area contributed by atoms with Crippen LogP contribution in [0.1, 0.15) is 24.2 Å². The first kappa shape index (κ1) is 29.7. The van der Waals surface area contributed by atoms with E-state index < -0.39 is 0 Å². The topological polar surface area (TPSA) is 83.7 Å². The van der Waals surface area contributed by atoms with E-state index in [1.54, 1.807) is 26.4 Å². The molecule has 0 bridgehead atoms. The van der Waals surface area contributed by atoms with Crippen molar-refractivity contribution in [3.8, 4) is 22.6 Å². The number of carbonyl (C=O) groups is 1. The Bertz CT molecular complexity index is 1440. The van der Waals surface area contributed by atoms with Crippen molar-refractivity contribution >= 4 is 34.9 Å². The van der Waals surface area contributed by atoms with E-state index in [-0.39, 0.29) is 5.91 Å². The fourth-order valence-corrected chi connectivity index (χ4v) is 4.98. The molecular weight excluding hydrogens is 532 g/mol. The fraction of sp³-hybridized carbons (Fsp3) is 0.242. The van der Waals surface area contributed by atoms with Gasteiger partial charge >= 0.3 is 0 Å². The van der Waals surface area contributed by atoms with E-state index in [1.165, 1.54) is 11.9 Å². The molecule has 4 rings (SSSR count). The van der Waals surface area contributed by atoms with Crippen LogP contribution in [0.3, 0.4) is 0 Å². The number of hydrogen-bond acceptors (Lipinski definition) is 7. The van der Waals surface area contributed by atoms with Gasteiger partial charge < -0.3 is 30.1 Å². The second-order valence-corrected chi connectivity index (χ2v) is 10.7. The second-order valence-electron chi connectivity index (χ2n) is 9.89. The molecule has 0 radical (unpaired) electrons. The summed E-state index contributed by atoms with van der Waals surface area (Å²) in [6, 6.07) is 29.9. The predicted octanol–water partition coefficient (Wildman–Crippen LogP) is 7.40. The molecule has 0 aliphatic carbocycles. The van der Waals surface area contributed by atoms with Gasteiger partial charge in [0, 0.05) is 36.7 Å². The average Bonchev–Trinajstić information content (AvgIpc) is 3.01. The van der Waals surface area contributed by atoms with Crippen molar-refractivity contribution < 1.29 is 14.3 Å². The van der Waals surface area contributed by atoms with Crippen LogP contribution in [0.4, 0.5) is 17.1 Å². The van der Waals surface area contributed by atoms with E-state index in [0.717, 1.165) is 45.4 Å². The van der Waals surface area contributed by atoms with Crippen molar-refractivity contribution in [1.29, 1.82) is 0 Å². The molecule has 7 nitrogen and oxygen atoms in total. The van der Waals surface area contributed by atoms with Gasteiger partial charge in [0.1, 0.15) is 11.5 Å². The number of para-hydroxylation sites is 1. The molecule has 8 heteroatoms. The van der Waals surface area contributed by atoms with Gasteiger partial charge in [0.05, 0.1) is 24.7 Å². The molecule has 0 saturated heterocycles. The van der Waals surface area contributed by atoms with Crippen LogP contribution in [-0.2, 0) is 0 Å². The van der Waals surface area contributed by atoms with Gasteiger partial charge in [-0.15, -0.1) is 0 Å². The molecule has 1 amide bonds. The minimum absolute atomic E-state index is 0.161. The Balaban J connectivity index is 1.34. The minimum atomic E-state index is -0.161. The number of ether oxygens (including phenoxy) is 2. The fourth-order valence-electron chi connectivity index (χ4n) is 4.18. The van der Waals surface area contributed by atoms with Crippen molar-refractivity contribution in [1.82, 2.24) is 5.32 Å². The number of methoxy groups -OCH3 is 2. The van der Waals surface area contributed by atoms with Crippen molar-refractivity contribution in [2.45, 2.75) is 18.7 Å². The molecule has 0 spiro atoms. The van der Waals surface area contributed by atoms with Crippen LogP contribution in [0.5, 0.6) is 11.5 Å². The number of benzene rings is 4. The molecule has 0 aliphatic rings. The maximum absolute atomic E-state index is 12.5. The molecule has 4 aromatic carbocycles. The van der Waals surface area contributed by atoms with Gasteiger partial charge in [-0.05, 0) is 83.6 Å². The third-order valence-corrected chi connectivity index (χ3v) is 7.18. The van der Waals surface area contributed by atoms with Gasteiger partial charge in [0.15, 0.2) is 0 Å². The first-order valence-electron chi connectivity index (χ1n) is 13.7. The maximum Gasteiger partial charge on any atom is 0.255 e. The molecule has 0 unspecified atom stereocenters. The van der Waals surface area contributed by atoms with Crippen LogP contribution < -0.4 is 30.1 Å². The van der Waals surface area contributed by atoms with E-state index >= 15 is 0 Å². The van der Waals surface area contributed by atoms with Crippen LogP contribution in [0, 0.1) is 5.92 Å². The highest BCUT2D eigenvalue weighted by atomic mass is 32.2. The third kappa shape index (κ3) is 8.59. The summed E-state index contributed by atoms with van der Waals surface area (Å²) in [6.45, 7) is 6.39. The second kappa shape index (κ2) is 14.9. The Kier molecular flexibility index (Phi) is 10.8. The normalized spacial score (nSPS) is 10.7. The molecule has 0 saturated carbocycles. The van der Waals surface area contributed by atoms with E-state index in [9.17, 15) is 4.79 Å². The summed E-state index contributed by atoms with van der Waals surface area (Å²) in [7, 11) is 3.25. The molecule has 4 aromatic rings. The van der Waals surface area contributed by atoms with Gasteiger partial charge in [0.2, 0.25) is 0 Å². The Morgan fingerprint density at radius 1 is 0.732 bits per heavy atom. The Hall–Kier alpha value is -4.30. The molecule has 0 atom stereocenters. The van der Waals surface area contributed by atoms with Gasteiger partial charge in [-0.25, -0.2) is 0 Å². The molecular formula is C33H38N4O3S. The van der Waals surface area contributed by atoms with Crippen LogP contribution in [-0.4, -0.2) is 39.8 Å². The molecule has 41 heavy (non-hydrogen) atoms. The van der Waals surface area contributed by atoms with Crippen molar-refractivity contribution in [3.05, 3.63) is 96.6 Å². The largest absolute Gasteiger partial charge is 0.496 e. The monoisotopic (exact) mass is 570 g/mol. The van der Waals surface area contributed by atoms with Gasteiger partial charge in [0.25, 0.3) is 5.91 Å². The van der Waals surface area contributed by atoms with E-state index in [1.807, 2.05) is 42.5 Å². The summed E-state index contributed by atoms with van der Waals surface area (Å²) >= 11 is 1.51. The van der Waals surface area contributed by atoms with Crippen LogP contribution in [0.15, 0.2) is 95.9 Å². The highest BCUT2D eigenvalue weighted by Gasteiger charge is 2.11. The standard InChI is InChI=1S/C33H38N4O3S/c1-23(2)22-36-26-10-7-9-24(19-26)25-15-16-31(40-4)32(20-25)41-37-28-12-8-11-27(21-28)34-17-18-35-33(38)29-13-5-6-14-30(29)39-3/h5-16,19-21,23,34,36-37H,17-18,22H2,1-4H3,(H,35,38). The van der Waals surface area contributed by atoms with Crippen molar-refractivity contribution in [2.24, 2.45) is 5.92 Å². The summed E-state index contributed by atoms with van der Waals surface area (Å²) in [5.41, 5.74) is 5.80. The third-order valence-electron chi connectivity index (χ3n) is 6.31. The van der Waals surface area contributed by atoms with Crippen LogP contribution in [0.2, 0.25) is 0 Å². The lowest BCUT2D eigenvalue weighted by molar-refractivity contribution is 0.0952. The van der Waals surface area contributed by atoms with Gasteiger partial charge in [-0.1, -0.05) is 50.2 Å². The molecule has 0 fully saturated rings. The smallest absolute Gasteiger partial charge is 0.255 e. The zero-order valence-electron chi connectivity index (χ0n) is 24.0. The summed E-state index contributed by atoms with van der Waals surface area (Å²) < 4.78 is 14.4. The first-order valence-corrected chi connectivity index (χ1v) is 14.5. The molecule has 4 N–H and O–H groups in total. The van der Waals surface area contributed by atoms with Crippen molar-refractivity contribution in [2.75, 3.05) is 49.2 Å². The zero-order chi connectivity index (χ0) is 29.0. The molecule has 0 aliphatic heterocycles. The molecule has 214 valence electrons. The lowest BCUT2D eigenvalue weighted by atomic mass is 10.0. The molecule has 0 aromatic heterocycles. The van der Waals surface area contributed by atoms with Gasteiger partial charge in [-0.3, -0.25) is 4.79 Å². The number of rotatable bonds is 14. The number of nitrogens with one attached hydrogen (secondary N) is 4. The summed E-state index contributed by atoms with van der Waals surface area (Å²) in [5, 5.41) is 9.81. The average molecular weight is 571 g/mol. The number of hydrogen-bond donors (Lipinski definition) is 4. The first-order chi connectivity index (χ1) is 20.0. The predicted molar refractivity (Wildman–Crippen MR) is 171 cm³/mol. The van der Waals surface area contributed by atoms with Gasteiger partial charge in [-0.2, -0.15) is 0 Å². The summed E-state index contributed by atoms with van der Waals surface area (Å²) in [4.78, 5) is 13.5. The Morgan fingerprint density at radius 3 is 2.22 bits per heavy atom. The highest BCUT2D eigenvalue weighted by Crippen LogP contribution is 2.35. The highest BCUT2D eigenvalue weighted by molar-refractivity contribution is 8.00. The van der Waals surface area contributed by atoms with E-state index in [4.69, 9.17) is 9.47 Å². The zero-order valence-corrected chi connectivity index (χ0v) is 24.8. The molecule has 0 heterocycles. The SMILES string of the molecule is COc1ccc(-c2cccc(NCC(C)C)c2)cc1SNc1cccc(NCCNC(=O)c2ccccc2OC)c1. The van der Waals surface area contributed by atoms with E-state index in [0.29, 0.717) is 30.3 Å². The number of carbonyl (C=O) groups excluding carboxylic acids is 1. The lowest BCUT2D eigenvalue weighted by Gasteiger charge is -2.14. The summed E-state index contributed by atoms with van der Waals surface area (Å²) in [5.74, 6) is 1.78. The van der Waals surface area contributed by atoms with Crippen molar-refractivity contribution in [3.63, 3.8) is 0 Å². The summed E-state index contributed by atoms with van der Waals surface area (Å²) in [6.07, 6.45) is 0. The number of anilines is 3. The van der Waals surface area contributed by atoms with E-state index in [2.05, 4.69) is 70.9 Å². The maximum atomic E-state index is 12.5. The lowest BCUT2D eigenvalue weighted by Crippen LogP contribution is -2.29. The Morgan fingerprint density at radius 2 is 1.44 bits per heavy atom. The van der Waals surface area contributed by atoms with Crippen LogP contribution in [0.25, 0.3) is 11.1 Å². The van der Waals surface area contributed by atoms with Crippen LogP contribution >= 0.6 is 11.9 Å². The Labute approximate surface area is 247 Å². The minimum Gasteiger partial charge on any atom is -0.496 e.